The molecular weight excluding hydrogens is 349 g/mol. The molecule has 0 fully saturated rings. The first-order chi connectivity index (χ1) is 10.6. The smallest absolute Gasteiger partial charge is 0.250 e. The van der Waals surface area contributed by atoms with Gasteiger partial charge in [-0.15, -0.1) is 11.3 Å². The van der Waals surface area contributed by atoms with E-state index in [1.54, 1.807) is 12.4 Å². The van der Waals surface area contributed by atoms with Crippen molar-refractivity contribution in [3.8, 4) is 0 Å². The van der Waals surface area contributed by atoms with Gasteiger partial charge in [0.05, 0.1) is 21.7 Å². The molecule has 9 heteroatoms. The maximum atomic E-state index is 13.0. The number of likely N-dealkylation sites (N-methyl/N-ethyl adjacent to an activating group) is 1. The lowest BCUT2D eigenvalue weighted by atomic mass is 10.2. The molecule has 0 aliphatic heterocycles. The summed E-state index contributed by atoms with van der Waals surface area (Å²) < 4.78 is 64.9. The summed E-state index contributed by atoms with van der Waals surface area (Å²) in [5.74, 6) is 0. The van der Waals surface area contributed by atoms with Crippen LogP contribution in [-0.2, 0) is 22.6 Å². The van der Waals surface area contributed by atoms with E-state index in [0.717, 1.165) is 27.0 Å². The third-order valence-corrected chi connectivity index (χ3v) is 6.29. The number of hydrogen-bond acceptors (Lipinski definition) is 4. The van der Waals surface area contributed by atoms with Gasteiger partial charge >= 0.3 is 6.18 Å². The molecule has 0 radical (unpaired) electrons. The van der Waals surface area contributed by atoms with Crippen molar-refractivity contribution in [2.45, 2.75) is 24.4 Å². The number of rotatable bonds is 5. The van der Waals surface area contributed by atoms with Gasteiger partial charge in [-0.3, -0.25) is 0 Å². The Balaban J connectivity index is 2.26. The zero-order chi connectivity index (χ0) is 17.3. The second-order valence-corrected chi connectivity index (χ2v) is 7.88. The highest BCUT2D eigenvalue weighted by Crippen LogP contribution is 2.34. The van der Waals surface area contributed by atoms with Gasteiger partial charge in [-0.2, -0.15) is 13.2 Å². The average Bonchev–Trinajstić information content (AvgIpc) is 2.89. The van der Waals surface area contributed by atoms with E-state index in [0.29, 0.717) is 6.42 Å². The molecule has 1 heterocycles. The molecule has 0 aliphatic rings. The third-order valence-electron chi connectivity index (χ3n) is 3.38. The van der Waals surface area contributed by atoms with Crippen LogP contribution < -0.4 is 0 Å². The molecule has 2 aromatic rings. The summed E-state index contributed by atoms with van der Waals surface area (Å²) in [6.45, 7) is 1.89. The highest BCUT2D eigenvalue weighted by Gasteiger charge is 2.38. The maximum Gasteiger partial charge on any atom is 0.417 e. The topological polar surface area (TPSA) is 50.3 Å². The van der Waals surface area contributed by atoms with Gasteiger partial charge in [-0.25, -0.2) is 17.7 Å². The highest BCUT2D eigenvalue weighted by atomic mass is 32.2. The van der Waals surface area contributed by atoms with Crippen LogP contribution in [0.1, 0.15) is 16.1 Å². The summed E-state index contributed by atoms with van der Waals surface area (Å²) in [5.41, 5.74) is 1.30. The van der Waals surface area contributed by atoms with Crippen LogP contribution in [0.4, 0.5) is 13.2 Å². The first-order valence-corrected chi connectivity index (χ1v) is 8.97. The van der Waals surface area contributed by atoms with Crippen LogP contribution in [0.2, 0.25) is 0 Å². The van der Waals surface area contributed by atoms with Gasteiger partial charge in [0.25, 0.3) is 0 Å². The molecule has 4 nitrogen and oxygen atoms in total. The molecular formula is C14H15F3N2O2S2. The van der Waals surface area contributed by atoms with Crippen molar-refractivity contribution in [1.82, 2.24) is 9.29 Å². The summed E-state index contributed by atoms with van der Waals surface area (Å²) >= 11 is 1.39. The zero-order valence-corrected chi connectivity index (χ0v) is 14.1. The van der Waals surface area contributed by atoms with Crippen LogP contribution in [0, 0.1) is 6.92 Å². The number of sulfonamides is 1. The van der Waals surface area contributed by atoms with E-state index < -0.39 is 26.7 Å². The fourth-order valence-electron chi connectivity index (χ4n) is 2.04. The summed E-state index contributed by atoms with van der Waals surface area (Å²) in [6.07, 6.45) is -4.32. The van der Waals surface area contributed by atoms with Crippen LogP contribution >= 0.6 is 11.3 Å². The summed E-state index contributed by atoms with van der Waals surface area (Å²) in [5, 5.41) is 0. The van der Waals surface area contributed by atoms with Crippen LogP contribution in [0.3, 0.4) is 0 Å². The van der Waals surface area contributed by atoms with Crippen LogP contribution in [-0.4, -0.2) is 31.3 Å². The van der Waals surface area contributed by atoms with Gasteiger partial charge in [0.15, 0.2) is 0 Å². The quantitative estimate of drug-likeness (QED) is 0.818. The molecule has 23 heavy (non-hydrogen) atoms. The monoisotopic (exact) mass is 364 g/mol. The minimum atomic E-state index is -4.72. The van der Waals surface area contributed by atoms with Crippen molar-refractivity contribution in [3.05, 3.63) is 45.9 Å². The Morgan fingerprint density at radius 1 is 1.26 bits per heavy atom. The number of hydrogen-bond donors (Lipinski definition) is 0. The number of aryl methyl sites for hydroxylation is 1. The molecule has 0 saturated heterocycles. The lowest BCUT2D eigenvalue weighted by molar-refractivity contribution is -0.139. The zero-order valence-electron chi connectivity index (χ0n) is 12.5. The normalized spacial score (nSPS) is 12.8. The minimum absolute atomic E-state index is 0.0809. The number of nitrogens with zero attached hydrogens (tertiary/aromatic N) is 2. The van der Waals surface area contributed by atoms with Gasteiger partial charge in [-0.1, -0.05) is 12.1 Å². The molecule has 2 rings (SSSR count). The lowest BCUT2D eigenvalue weighted by Gasteiger charge is -2.20. The van der Waals surface area contributed by atoms with E-state index in [4.69, 9.17) is 0 Å². The fraction of sp³-hybridized carbons (Fsp3) is 0.357. The second kappa shape index (κ2) is 6.58. The standard InChI is InChI=1S/C14H15F3N2O2S2/c1-10-12(22-9-18-10)7-8-19(2)23(20,21)13-6-4-3-5-11(13)14(15,16)17/h3-6,9H,7-8H2,1-2H3. The van der Waals surface area contributed by atoms with Gasteiger partial charge in [-0.05, 0) is 25.5 Å². The van der Waals surface area contributed by atoms with Gasteiger partial charge in [0, 0.05) is 18.5 Å². The summed E-state index contributed by atoms with van der Waals surface area (Å²) in [4.78, 5) is 4.25. The minimum Gasteiger partial charge on any atom is -0.250 e. The third kappa shape index (κ3) is 3.91. The highest BCUT2D eigenvalue weighted by molar-refractivity contribution is 7.89. The molecule has 0 saturated carbocycles. The van der Waals surface area contributed by atoms with Crippen molar-refractivity contribution in [3.63, 3.8) is 0 Å². The van der Waals surface area contributed by atoms with E-state index in [1.165, 1.54) is 30.5 Å². The number of halogens is 3. The molecule has 0 bridgehead atoms. The SMILES string of the molecule is Cc1ncsc1CCN(C)S(=O)(=O)c1ccccc1C(F)(F)F. The Bertz CT molecular complexity index is 785. The predicted molar refractivity (Wildman–Crippen MR) is 81.8 cm³/mol. The fourth-order valence-corrected chi connectivity index (χ4v) is 4.19. The van der Waals surface area contributed by atoms with Gasteiger partial charge in [0.2, 0.25) is 10.0 Å². The average molecular weight is 364 g/mol. The molecule has 0 amide bonds. The molecule has 0 atom stereocenters. The molecule has 1 aromatic carbocycles. The Labute approximate surface area is 136 Å². The van der Waals surface area contributed by atoms with E-state index >= 15 is 0 Å². The molecule has 126 valence electrons. The molecule has 1 aromatic heterocycles. The van der Waals surface area contributed by atoms with Gasteiger partial charge in [0.1, 0.15) is 0 Å². The van der Waals surface area contributed by atoms with Crippen molar-refractivity contribution in [2.75, 3.05) is 13.6 Å². The van der Waals surface area contributed by atoms with Crippen LogP contribution in [0.5, 0.6) is 0 Å². The Kier molecular flexibility index (Phi) is 5.12. The van der Waals surface area contributed by atoms with E-state index in [9.17, 15) is 21.6 Å². The molecule has 0 N–H and O–H groups in total. The number of benzene rings is 1. The Hall–Kier alpha value is -1.45. The second-order valence-electron chi connectivity index (χ2n) is 4.93. The maximum absolute atomic E-state index is 13.0. The molecule has 0 unspecified atom stereocenters. The molecule has 0 spiro atoms. The summed E-state index contributed by atoms with van der Waals surface area (Å²) in [7, 11) is -2.94. The van der Waals surface area contributed by atoms with Crippen LogP contribution in [0.15, 0.2) is 34.7 Å². The van der Waals surface area contributed by atoms with E-state index in [2.05, 4.69) is 4.98 Å². The first-order valence-electron chi connectivity index (χ1n) is 6.65. The van der Waals surface area contributed by atoms with Crippen molar-refractivity contribution < 1.29 is 21.6 Å². The Morgan fingerprint density at radius 2 is 1.91 bits per heavy atom. The van der Waals surface area contributed by atoms with Crippen molar-refractivity contribution in [2.24, 2.45) is 0 Å². The first kappa shape index (κ1) is 17.9. The summed E-state index contributed by atoms with van der Waals surface area (Å²) in [6, 6.07) is 4.20. The number of alkyl halides is 3. The van der Waals surface area contributed by atoms with Crippen molar-refractivity contribution >= 4 is 21.4 Å². The number of thiazole rings is 1. The Morgan fingerprint density at radius 3 is 2.48 bits per heavy atom. The lowest BCUT2D eigenvalue weighted by Crippen LogP contribution is -2.30. The largest absolute Gasteiger partial charge is 0.417 e. The van der Waals surface area contributed by atoms with Crippen molar-refractivity contribution in [1.29, 1.82) is 0 Å². The van der Waals surface area contributed by atoms with E-state index in [1.807, 2.05) is 0 Å². The van der Waals surface area contributed by atoms with Crippen LogP contribution in [0.25, 0.3) is 0 Å². The molecule has 0 aliphatic carbocycles. The predicted octanol–water partition coefficient (Wildman–Crippen LogP) is 3.33. The number of aromatic nitrogens is 1. The van der Waals surface area contributed by atoms with Gasteiger partial charge < -0.3 is 0 Å². The van der Waals surface area contributed by atoms with E-state index in [-0.39, 0.29) is 6.54 Å².